The van der Waals surface area contributed by atoms with Gasteiger partial charge in [-0.1, -0.05) is 84.9 Å². The fourth-order valence-corrected chi connectivity index (χ4v) is 4.42. The van der Waals surface area contributed by atoms with Gasteiger partial charge >= 0.3 is 7.12 Å². The van der Waals surface area contributed by atoms with Gasteiger partial charge in [0, 0.05) is 5.92 Å². The minimum Gasteiger partial charge on any atom is -0.399 e. The fourth-order valence-electron chi connectivity index (χ4n) is 4.42. The second kappa shape index (κ2) is 9.24. The molecule has 2 N–H and O–H groups in total. The molecule has 0 saturated carbocycles. The predicted octanol–water partition coefficient (Wildman–Crippen LogP) is 5.19. The van der Waals surface area contributed by atoms with Crippen molar-refractivity contribution >= 4 is 18.5 Å². The molecule has 3 aromatic carbocycles. The van der Waals surface area contributed by atoms with Gasteiger partial charge in [0.1, 0.15) is 0 Å². The lowest BCUT2D eigenvalue weighted by Gasteiger charge is -2.32. The summed E-state index contributed by atoms with van der Waals surface area (Å²) in [5, 5.41) is 0. The summed E-state index contributed by atoms with van der Waals surface area (Å²) in [7, 11) is -0.479. The summed E-state index contributed by atoms with van der Waals surface area (Å²) >= 11 is 0. The zero-order chi connectivity index (χ0) is 24.5. The van der Waals surface area contributed by atoms with E-state index in [0.29, 0.717) is 0 Å². The maximum Gasteiger partial charge on any atom is 0.494 e. The molecule has 0 unspecified atom stereocenters. The summed E-state index contributed by atoms with van der Waals surface area (Å²) in [4.78, 5) is 12.7. The van der Waals surface area contributed by atoms with Crippen molar-refractivity contribution in [3.63, 3.8) is 0 Å². The molecule has 2 atom stereocenters. The van der Waals surface area contributed by atoms with Gasteiger partial charge in [-0.15, -0.1) is 6.58 Å². The Morgan fingerprint density at radius 3 is 2.00 bits per heavy atom. The van der Waals surface area contributed by atoms with Gasteiger partial charge in [-0.05, 0) is 55.4 Å². The predicted molar refractivity (Wildman–Crippen MR) is 139 cm³/mol. The van der Waals surface area contributed by atoms with Crippen LogP contribution in [-0.2, 0) is 14.1 Å². The zero-order valence-corrected chi connectivity index (χ0v) is 20.3. The molecule has 0 bridgehead atoms. The molecule has 1 aliphatic rings. The third kappa shape index (κ3) is 4.59. The van der Waals surface area contributed by atoms with E-state index >= 15 is 0 Å². The number of rotatable bonds is 7. The van der Waals surface area contributed by atoms with Gasteiger partial charge < -0.3 is 15.0 Å². The maximum absolute atomic E-state index is 12.7. The number of nitrogens with two attached hydrogens (primary N) is 1. The van der Waals surface area contributed by atoms with E-state index in [9.17, 15) is 4.79 Å². The van der Waals surface area contributed by atoms with Crippen LogP contribution in [0.3, 0.4) is 0 Å². The number of benzene rings is 3. The van der Waals surface area contributed by atoms with Gasteiger partial charge in [0.05, 0.1) is 17.1 Å². The normalized spacial score (nSPS) is 18.3. The standard InChI is InChI=1S/C29H32BNO3/c1-6-25(23-13-10-14-24(19-23)30-33-28(2,3)29(4,5)34-30)26(27(31)32)22-17-15-21(16-18-22)20-11-8-7-9-12-20/h6-19,25-26H,1H2,2-5H3,(H2,31,32)/t25-,26-/m0/s1. The van der Waals surface area contributed by atoms with Gasteiger partial charge in [-0.2, -0.15) is 0 Å². The van der Waals surface area contributed by atoms with Gasteiger partial charge in [0.15, 0.2) is 0 Å². The Balaban J connectivity index is 1.64. The third-order valence-corrected chi connectivity index (χ3v) is 7.12. The second-order valence-electron chi connectivity index (χ2n) is 9.89. The minimum atomic E-state index is -0.545. The van der Waals surface area contributed by atoms with Crippen molar-refractivity contribution in [2.24, 2.45) is 5.73 Å². The molecule has 4 nitrogen and oxygen atoms in total. The van der Waals surface area contributed by atoms with Crippen molar-refractivity contribution in [1.29, 1.82) is 0 Å². The Morgan fingerprint density at radius 2 is 1.44 bits per heavy atom. The summed E-state index contributed by atoms with van der Waals surface area (Å²) in [6, 6.07) is 26.1. The van der Waals surface area contributed by atoms with Crippen LogP contribution in [0.5, 0.6) is 0 Å². The number of amides is 1. The van der Waals surface area contributed by atoms with E-state index in [-0.39, 0.29) is 5.92 Å². The van der Waals surface area contributed by atoms with Crippen molar-refractivity contribution in [2.45, 2.75) is 50.7 Å². The highest BCUT2D eigenvalue weighted by atomic mass is 16.7. The molecule has 0 aliphatic carbocycles. The van der Waals surface area contributed by atoms with Crippen molar-refractivity contribution in [3.05, 3.63) is 103 Å². The zero-order valence-electron chi connectivity index (χ0n) is 20.3. The summed E-state index contributed by atoms with van der Waals surface area (Å²) < 4.78 is 12.5. The largest absolute Gasteiger partial charge is 0.494 e. The number of hydrogen-bond donors (Lipinski definition) is 1. The quantitative estimate of drug-likeness (QED) is 0.396. The highest BCUT2D eigenvalue weighted by Gasteiger charge is 2.51. The summed E-state index contributed by atoms with van der Waals surface area (Å²) in [5.41, 5.74) is 9.99. The van der Waals surface area contributed by atoms with E-state index in [4.69, 9.17) is 15.0 Å². The van der Waals surface area contributed by atoms with E-state index in [0.717, 1.165) is 27.7 Å². The number of hydrogen-bond acceptors (Lipinski definition) is 3. The molecule has 1 fully saturated rings. The first-order chi connectivity index (χ1) is 16.1. The van der Waals surface area contributed by atoms with Gasteiger partial charge in [0.25, 0.3) is 0 Å². The summed E-state index contributed by atoms with van der Waals surface area (Å²) in [5.74, 6) is -1.23. The Bertz CT molecular complexity index is 1160. The van der Waals surface area contributed by atoms with Gasteiger partial charge in [-0.3, -0.25) is 4.79 Å². The van der Waals surface area contributed by atoms with Crippen LogP contribution in [0.4, 0.5) is 0 Å². The molecule has 1 amide bonds. The molecular weight excluding hydrogens is 421 g/mol. The molecule has 1 saturated heterocycles. The van der Waals surface area contributed by atoms with E-state index in [2.05, 4.69) is 18.7 Å². The molecule has 174 valence electrons. The Labute approximate surface area is 202 Å². The van der Waals surface area contributed by atoms with Crippen LogP contribution in [0.2, 0.25) is 0 Å². The lowest BCUT2D eigenvalue weighted by molar-refractivity contribution is -0.119. The lowest BCUT2D eigenvalue weighted by Crippen LogP contribution is -2.41. The van der Waals surface area contributed by atoms with Crippen molar-refractivity contribution in [3.8, 4) is 11.1 Å². The van der Waals surface area contributed by atoms with E-state index in [1.165, 1.54) is 0 Å². The fraction of sp³-hybridized carbons (Fsp3) is 0.276. The van der Waals surface area contributed by atoms with Crippen LogP contribution >= 0.6 is 0 Å². The molecule has 0 spiro atoms. The molecule has 34 heavy (non-hydrogen) atoms. The lowest BCUT2D eigenvalue weighted by atomic mass is 9.74. The number of primary amides is 1. The van der Waals surface area contributed by atoms with Crippen LogP contribution in [0, 0.1) is 0 Å². The summed E-state index contributed by atoms with van der Waals surface area (Å²) in [6.07, 6.45) is 1.80. The first kappa shape index (κ1) is 24.0. The van der Waals surface area contributed by atoms with Crippen molar-refractivity contribution in [1.82, 2.24) is 0 Å². The van der Waals surface area contributed by atoms with E-state index < -0.39 is 30.1 Å². The Morgan fingerprint density at radius 1 is 0.853 bits per heavy atom. The van der Waals surface area contributed by atoms with E-state index in [1.54, 1.807) is 6.08 Å². The van der Waals surface area contributed by atoms with Crippen LogP contribution in [0.15, 0.2) is 91.5 Å². The molecule has 1 heterocycles. The monoisotopic (exact) mass is 453 g/mol. The smallest absolute Gasteiger partial charge is 0.399 e. The van der Waals surface area contributed by atoms with Gasteiger partial charge in [0.2, 0.25) is 5.91 Å². The number of carbonyl (C=O) groups is 1. The van der Waals surface area contributed by atoms with Crippen LogP contribution < -0.4 is 11.2 Å². The maximum atomic E-state index is 12.7. The van der Waals surface area contributed by atoms with Crippen LogP contribution in [0.1, 0.15) is 50.7 Å². The van der Waals surface area contributed by atoms with Crippen molar-refractivity contribution in [2.75, 3.05) is 0 Å². The average molecular weight is 453 g/mol. The van der Waals surface area contributed by atoms with Crippen LogP contribution in [0.25, 0.3) is 11.1 Å². The summed E-state index contributed by atoms with van der Waals surface area (Å²) in [6.45, 7) is 12.2. The third-order valence-electron chi connectivity index (χ3n) is 7.12. The van der Waals surface area contributed by atoms with Crippen LogP contribution in [-0.4, -0.2) is 24.2 Å². The van der Waals surface area contributed by atoms with Gasteiger partial charge in [-0.25, -0.2) is 0 Å². The first-order valence-corrected chi connectivity index (χ1v) is 11.7. The molecule has 5 heteroatoms. The molecule has 0 aromatic heterocycles. The second-order valence-corrected chi connectivity index (χ2v) is 9.89. The molecule has 0 radical (unpaired) electrons. The Hall–Kier alpha value is -3.15. The Kier molecular flexibility index (Phi) is 6.52. The number of carbonyl (C=O) groups excluding carboxylic acids is 1. The number of allylic oxidation sites excluding steroid dienone is 1. The SMILES string of the molecule is C=C[C@@H](c1cccc(B2OC(C)(C)C(C)(C)O2)c1)[C@@H](C(N)=O)c1ccc(-c2ccccc2)cc1. The molecule has 3 aromatic rings. The first-order valence-electron chi connectivity index (χ1n) is 11.7. The molecular formula is C29H32BNO3. The molecule has 1 aliphatic heterocycles. The highest BCUT2D eigenvalue weighted by Crippen LogP contribution is 2.38. The topological polar surface area (TPSA) is 61.6 Å². The average Bonchev–Trinajstić information content (AvgIpc) is 3.05. The minimum absolute atomic E-state index is 0.289. The molecule has 4 rings (SSSR count). The van der Waals surface area contributed by atoms with E-state index in [1.807, 2.05) is 94.4 Å². The van der Waals surface area contributed by atoms with Crippen molar-refractivity contribution < 1.29 is 14.1 Å². The highest BCUT2D eigenvalue weighted by molar-refractivity contribution is 6.62.